The molecule has 90 valence electrons. The van der Waals surface area contributed by atoms with E-state index in [0.717, 1.165) is 0 Å². The van der Waals surface area contributed by atoms with Gasteiger partial charge in [0.05, 0.1) is 19.6 Å². The quantitative estimate of drug-likeness (QED) is 0.482. The van der Waals surface area contributed by atoms with Crippen molar-refractivity contribution in [1.82, 2.24) is 0 Å². The first kappa shape index (κ1) is 14.3. The van der Waals surface area contributed by atoms with E-state index in [1.807, 2.05) is 13.8 Å². The number of hydrogen-bond acceptors (Lipinski definition) is 5. The first-order chi connectivity index (χ1) is 7.13. The SMILES string of the molecule is CCOC(CC(O)CC(=O)OC)OCC. The minimum atomic E-state index is -0.791. The summed E-state index contributed by atoms with van der Waals surface area (Å²) in [6.07, 6.45) is -1.01. The smallest absolute Gasteiger partial charge is 0.308 e. The fourth-order valence-electron chi connectivity index (χ4n) is 1.14. The standard InChI is InChI=1S/C10H20O5/c1-4-14-10(15-5-2)7-8(11)6-9(12)13-3/h8,10-11H,4-7H2,1-3H3. The Kier molecular flexibility index (Phi) is 8.27. The first-order valence-corrected chi connectivity index (χ1v) is 5.12. The molecule has 0 aromatic carbocycles. The summed E-state index contributed by atoms with van der Waals surface area (Å²) in [5, 5.41) is 9.51. The Morgan fingerprint density at radius 2 is 1.80 bits per heavy atom. The van der Waals surface area contributed by atoms with Gasteiger partial charge in [-0.05, 0) is 13.8 Å². The summed E-state index contributed by atoms with van der Waals surface area (Å²) in [4.78, 5) is 10.9. The van der Waals surface area contributed by atoms with E-state index >= 15 is 0 Å². The average molecular weight is 220 g/mol. The van der Waals surface area contributed by atoms with Crippen LogP contribution in [0.15, 0.2) is 0 Å². The van der Waals surface area contributed by atoms with Crippen LogP contribution in [-0.2, 0) is 19.0 Å². The van der Waals surface area contributed by atoms with Crippen LogP contribution >= 0.6 is 0 Å². The maximum atomic E-state index is 10.9. The number of hydrogen-bond donors (Lipinski definition) is 1. The average Bonchev–Trinajstić information content (AvgIpc) is 2.18. The molecule has 0 aromatic heterocycles. The molecule has 0 bridgehead atoms. The lowest BCUT2D eigenvalue weighted by Crippen LogP contribution is -2.26. The molecule has 0 radical (unpaired) electrons. The number of rotatable bonds is 8. The summed E-state index contributed by atoms with van der Waals surface area (Å²) in [6, 6.07) is 0. The predicted molar refractivity (Wildman–Crippen MR) is 54.3 cm³/mol. The Hall–Kier alpha value is -0.650. The number of ether oxygens (including phenoxy) is 3. The first-order valence-electron chi connectivity index (χ1n) is 5.12. The van der Waals surface area contributed by atoms with Crippen molar-refractivity contribution < 1.29 is 24.1 Å². The zero-order chi connectivity index (χ0) is 11.7. The Labute approximate surface area is 90.3 Å². The van der Waals surface area contributed by atoms with Crippen molar-refractivity contribution in [1.29, 1.82) is 0 Å². The number of esters is 1. The molecule has 0 saturated heterocycles. The molecule has 5 nitrogen and oxygen atoms in total. The zero-order valence-corrected chi connectivity index (χ0v) is 9.56. The predicted octanol–water partition coefficient (Wildman–Crippen LogP) is 0.700. The maximum Gasteiger partial charge on any atom is 0.308 e. The van der Waals surface area contributed by atoms with E-state index in [-0.39, 0.29) is 12.8 Å². The molecule has 0 rings (SSSR count). The van der Waals surface area contributed by atoms with Gasteiger partial charge in [0.15, 0.2) is 6.29 Å². The van der Waals surface area contributed by atoms with Gasteiger partial charge in [-0.15, -0.1) is 0 Å². The highest BCUT2D eigenvalue weighted by molar-refractivity contribution is 5.69. The minimum Gasteiger partial charge on any atom is -0.469 e. The molecule has 0 aromatic rings. The monoisotopic (exact) mass is 220 g/mol. The topological polar surface area (TPSA) is 65.0 Å². The lowest BCUT2D eigenvalue weighted by molar-refractivity contribution is -0.158. The minimum absolute atomic E-state index is 0.0346. The third-order valence-electron chi connectivity index (χ3n) is 1.80. The Balaban J connectivity index is 3.87. The van der Waals surface area contributed by atoms with Crippen LogP contribution in [-0.4, -0.2) is 43.8 Å². The molecule has 0 amide bonds. The van der Waals surface area contributed by atoms with Crippen LogP contribution in [0.3, 0.4) is 0 Å². The van der Waals surface area contributed by atoms with E-state index in [2.05, 4.69) is 4.74 Å². The van der Waals surface area contributed by atoms with Crippen molar-refractivity contribution in [3.63, 3.8) is 0 Å². The summed E-state index contributed by atoms with van der Waals surface area (Å²) in [5.41, 5.74) is 0. The molecule has 1 N–H and O–H groups in total. The lowest BCUT2D eigenvalue weighted by Gasteiger charge is -2.19. The van der Waals surface area contributed by atoms with Crippen molar-refractivity contribution in [2.45, 2.75) is 39.1 Å². The molecule has 0 heterocycles. The largest absolute Gasteiger partial charge is 0.469 e. The van der Waals surface area contributed by atoms with E-state index in [1.165, 1.54) is 7.11 Å². The number of aliphatic hydroxyl groups excluding tert-OH is 1. The van der Waals surface area contributed by atoms with Gasteiger partial charge in [0, 0.05) is 19.6 Å². The molecule has 1 atom stereocenters. The van der Waals surface area contributed by atoms with Gasteiger partial charge in [0.1, 0.15) is 0 Å². The fraction of sp³-hybridized carbons (Fsp3) is 0.900. The van der Waals surface area contributed by atoms with Crippen molar-refractivity contribution >= 4 is 5.97 Å². The van der Waals surface area contributed by atoms with Crippen LogP contribution in [0.25, 0.3) is 0 Å². The highest BCUT2D eigenvalue weighted by Gasteiger charge is 2.17. The normalized spacial score (nSPS) is 12.9. The van der Waals surface area contributed by atoms with Crippen LogP contribution in [0.2, 0.25) is 0 Å². The summed E-state index contributed by atoms with van der Waals surface area (Å²) in [7, 11) is 1.29. The second-order valence-corrected chi connectivity index (χ2v) is 3.01. The fourth-order valence-corrected chi connectivity index (χ4v) is 1.14. The molecular formula is C10H20O5. The molecule has 0 aliphatic heterocycles. The van der Waals surface area contributed by atoms with E-state index in [4.69, 9.17) is 9.47 Å². The molecule has 1 unspecified atom stereocenters. The molecule has 0 saturated carbocycles. The van der Waals surface area contributed by atoms with E-state index in [9.17, 15) is 9.90 Å². The van der Waals surface area contributed by atoms with E-state index in [1.54, 1.807) is 0 Å². The van der Waals surface area contributed by atoms with Crippen LogP contribution in [0.4, 0.5) is 0 Å². The highest BCUT2D eigenvalue weighted by atomic mass is 16.7. The third kappa shape index (κ3) is 7.30. The van der Waals surface area contributed by atoms with Gasteiger partial charge in [0.25, 0.3) is 0 Å². The number of aliphatic hydroxyl groups is 1. The van der Waals surface area contributed by atoms with Gasteiger partial charge in [-0.3, -0.25) is 4.79 Å². The Bertz CT molecular complexity index is 165. The zero-order valence-electron chi connectivity index (χ0n) is 9.56. The number of carbonyl (C=O) groups excluding carboxylic acids is 1. The van der Waals surface area contributed by atoms with E-state index < -0.39 is 18.4 Å². The maximum absolute atomic E-state index is 10.9. The Morgan fingerprint density at radius 1 is 1.27 bits per heavy atom. The molecular weight excluding hydrogens is 200 g/mol. The summed E-state index contributed by atoms with van der Waals surface area (Å²) >= 11 is 0. The van der Waals surface area contributed by atoms with Gasteiger partial charge in [0.2, 0.25) is 0 Å². The van der Waals surface area contributed by atoms with Crippen LogP contribution < -0.4 is 0 Å². The van der Waals surface area contributed by atoms with E-state index in [0.29, 0.717) is 13.2 Å². The third-order valence-corrected chi connectivity index (χ3v) is 1.80. The van der Waals surface area contributed by atoms with Gasteiger partial charge in [-0.25, -0.2) is 0 Å². The highest BCUT2D eigenvalue weighted by Crippen LogP contribution is 2.08. The molecule has 0 aliphatic carbocycles. The number of carbonyl (C=O) groups is 1. The number of methoxy groups -OCH3 is 1. The van der Waals surface area contributed by atoms with Crippen LogP contribution in [0.5, 0.6) is 0 Å². The molecule has 5 heteroatoms. The second kappa shape index (κ2) is 8.64. The van der Waals surface area contributed by atoms with Crippen molar-refractivity contribution in [3.8, 4) is 0 Å². The molecule has 0 fully saturated rings. The molecule has 15 heavy (non-hydrogen) atoms. The van der Waals surface area contributed by atoms with Gasteiger partial charge < -0.3 is 19.3 Å². The van der Waals surface area contributed by atoms with Crippen LogP contribution in [0, 0.1) is 0 Å². The van der Waals surface area contributed by atoms with Gasteiger partial charge in [-0.2, -0.15) is 0 Å². The summed E-state index contributed by atoms with van der Waals surface area (Å²) in [6.45, 7) is 4.71. The van der Waals surface area contributed by atoms with Crippen molar-refractivity contribution in [2.24, 2.45) is 0 Å². The van der Waals surface area contributed by atoms with Gasteiger partial charge >= 0.3 is 5.97 Å². The second-order valence-electron chi connectivity index (χ2n) is 3.01. The van der Waals surface area contributed by atoms with Gasteiger partial charge in [-0.1, -0.05) is 0 Å². The van der Waals surface area contributed by atoms with Crippen LogP contribution in [0.1, 0.15) is 26.7 Å². The molecule has 0 aliphatic rings. The summed E-state index contributed by atoms with van der Waals surface area (Å²) < 4.78 is 14.9. The van der Waals surface area contributed by atoms with Crippen molar-refractivity contribution in [2.75, 3.05) is 20.3 Å². The Morgan fingerprint density at radius 3 is 2.20 bits per heavy atom. The van der Waals surface area contributed by atoms with Crippen molar-refractivity contribution in [3.05, 3.63) is 0 Å². The molecule has 0 spiro atoms. The summed E-state index contributed by atoms with van der Waals surface area (Å²) in [5.74, 6) is -0.436. The lowest BCUT2D eigenvalue weighted by atomic mass is 10.2.